The van der Waals surface area contributed by atoms with Crippen LogP contribution in [0.1, 0.15) is 16.5 Å². The van der Waals surface area contributed by atoms with Crippen LogP contribution in [-0.4, -0.2) is 47.1 Å². The van der Waals surface area contributed by atoms with Gasteiger partial charge in [-0.25, -0.2) is 14.8 Å². The Labute approximate surface area is 114 Å². The summed E-state index contributed by atoms with van der Waals surface area (Å²) >= 11 is 1.47. The highest BCUT2D eigenvalue weighted by Crippen LogP contribution is 2.28. The number of esters is 1. The van der Waals surface area contributed by atoms with Crippen LogP contribution in [0.15, 0.2) is 17.4 Å². The van der Waals surface area contributed by atoms with E-state index in [2.05, 4.69) is 9.97 Å². The number of fused-ring (bicyclic) bond motifs is 1. The first-order chi connectivity index (χ1) is 9.24. The minimum Gasteiger partial charge on any atom is -0.464 e. The maximum Gasteiger partial charge on any atom is 0.354 e. The number of rotatable bonds is 3. The van der Waals surface area contributed by atoms with Gasteiger partial charge in [-0.3, -0.25) is 0 Å². The predicted octanol–water partition coefficient (Wildman–Crippen LogP) is 1.51. The average molecular weight is 279 g/mol. The van der Waals surface area contributed by atoms with E-state index in [9.17, 15) is 4.79 Å². The number of ether oxygens (including phenoxy) is 2. The van der Waals surface area contributed by atoms with E-state index >= 15 is 0 Å². The zero-order valence-corrected chi connectivity index (χ0v) is 11.4. The van der Waals surface area contributed by atoms with Gasteiger partial charge in [0, 0.05) is 11.6 Å². The summed E-state index contributed by atoms with van der Waals surface area (Å²) in [5.74, 6) is -0.365. The molecule has 7 heteroatoms. The van der Waals surface area contributed by atoms with E-state index in [4.69, 9.17) is 9.47 Å². The molecule has 0 amide bonds. The third kappa shape index (κ3) is 1.98. The molecule has 0 saturated carbocycles. The van der Waals surface area contributed by atoms with Crippen LogP contribution in [0.2, 0.25) is 0 Å². The Balaban J connectivity index is 2.21. The largest absolute Gasteiger partial charge is 0.464 e. The van der Waals surface area contributed by atoms with Crippen LogP contribution in [0.5, 0.6) is 0 Å². The fourth-order valence-corrected chi connectivity index (χ4v) is 2.43. The van der Waals surface area contributed by atoms with Crippen molar-refractivity contribution in [3.8, 4) is 0 Å². The Morgan fingerprint density at radius 1 is 1.58 bits per heavy atom. The third-order valence-electron chi connectivity index (χ3n) is 3.12. The number of hydrogen-bond donors (Lipinski definition) is 0. The van der Waals surface area contributed by atoms with Crippen molar-refractivity contribution in [3.05, 3.63) is 18.0 Å². The maximum atomic E-state index is 11.9. The number of nitrogens with zero attached hydrogens (tertiary/aromatic N) is 3. The fourth-order valence-electron chi connectivity index (χ4n) is 2.09. The quantitative estimate of drug-likeness (QED) is 0.482. The summed E-state index contributed by atoms with van der Waals surface area (Å²) in [6, 6.07) is 1.90. The average Bonchev–Trinajstić information content (AvgIpc) is 2.74. The topological polar surface area (TPSA) is 66.2 Å². The number of carbonyl (C=O) groups is 1. The molecule has 100 valence electrons. The lowest BCUT2D eigenvalue weighted by Gasteiger charge is -2.29. The Bertz CT molecular complexity index is 636. The van der Waals surface area contributed by atoms with Crippen LogP contribution in [0, 0.1) is 0 Å². The second-order valence-corrected chi connectivity index (χ2v) is 4.99. The van der Waals surface area contributed by atoms with E-state index in [0.717, 1.165) is 11.0 Å². The number of thioether (sulfide) groups is 1. The van der Waals surface area contributed by atoms with Crippen molar-refractivity contribution in [2.75, 3.05) is 26.6 Å². The van der Waals surface area contributed by atoms with Gasteiger partial charge in [0.05, 0.1) is 26.4 Å². The highest BCUT2D eigenvalue weighted by molar-refractivity contribution is 7.98. The molecule has 1 aliphatic heterocycles. The van der Waals surface area contributed by atoms with Gasteiger partial charge in [-0.2, -0.15) is 0 Å². The first-order valence-corrected chi connectivity index (χ1v) is 7.05. The fraction of sp³-hybridized carbons (Fsp3) is 0.417. The lowest BCUT2D eigenvalue weighted by atomic mass is 10.2. The van der Waals surface area contributed by atoms with Gasteiger partial charge in [-0.1, -0.05) is 11.8 Å². The van der Waals surface area contributed by atoms with Gasteiger partial charge in [-0.05, 0) is 12.3 Å². The third-order valence-corrected chi connectivity index (χ3v) is 3.68. The molecule has 0 radical (unpaired) electrons. The Morgan fingerprint density at radius 3 is 2.95 bits per heavy atom. The van der Waals surface area contributed by atoms with Gasteiger partial charge in [0.15, 0.2) is 5.16 Å². The van der Waals surface area contributed by atoms with Crippen LogP contribution in [-0.2, 0) is 9.47 Å². The monoisotopic (exact) mass is 279 g/mol. The van der Waals surface area contributed by atoms with Gasteiger partial charge in [0.25, 0.3) is 0 Å². The zero-order valence-electron chi connectivity index (χ0n) is 10.6. The van der Waals surface area contributed by atoms with Crippen LogP contribution in [0.25, 0.3) is 11.0 Å². The van der Waals surface area contributed by atoms with Crippen molar-refractivity contribution in [1.29, 1.82) is 0 Å². The molecule has 1 fully saturated rings. The molecule has 0 aromatic carbocycles. The number of carbonyl (C=O) groups excluding carboxylic acids is 1. The Morgan fingerprint density at radius 2 is 2.37 bits per heavy atom. The molecule has 0 bridgehead atoms. The van der Waals surface area contributed by atoms with Gasteiger partial charge in [-0.15, -0.1) is 0 Å². The summed E-state index contributed by atoms with van der Waals surface area (Å²) in [4.78, 5) is 20.6. The summed E-state index contributed by atoms with van der Waals surface area (Å²) < 4.78 is 11.9. The minimum atomic E-state index is -0.365. The number of methoxy groups -OCH3 is 1. The molecule has 2 aromatic rings. The van der Waals surface area contributed by atoms with Gasteiger partial charge in [0.2, 0.25) is 0 Å². The molecule has 1 saturated heterocycles. The van der Waals surface area contributed by atoms with Gasteiger partial charge in [0.1, 0.15) is 11.3 Å². The Kier molecular flexibility index (Phi) is 3.16. The molecule has 3 rings (SSSR count). The maximum absolute atomic E-state index is 11.9. The molecule has 0 aliphatic carbocycles. The van der Waals surface area contributed by atoms with Gasteiger partial charge >= 0.3 is 5.97 Å². The standard InChI is InChI=1S/C12H13N3O3S/c1-17-11(16)9-3-7-4-13-12(19-2)14-10(7)15(9)8-5-18-6-8/h3-4,8H,5-6H2,1-2H3. The van der Waals surface area contributed by atoms with E-state index in [0.29, 0.717) is 24.1 Å². The lowest BCUT2D eigenvalue weighted by molar-refractivity contribution is -0.0230. The molecular formula is C12H13N3O3S. The van der Waals surface area contributed by atoms with Gasteiger partial charge < -0.3 is 14.0 Å². The van der Waals surface area contributed by atoms with Crippen molar-refractivity contribution in [1.82, 2.24) is 14.5 Å². The zero-order chi connectivity index (χ0) is 13.4. The van der Waals surface area contributed by atoms with Crippen molar-refractivity contribution in [2.45, 2.75) is 11.2 Å². The van der Waals surface area contributed by atoms with Crippen molar-refractivity contribution < 1.29 is 14.3 Å². The summed E-state index contributed by atoms with van der Waals surface area (Å²) in [5, 5.41) is 1.52. The summed E-state index contributed by atoms with van der Waals surface area (Å²) in [6.45, 7) is 1.18. The van der Waals surface area contributed by atoms with Crippen LogP contribution < -0.4 is 0 Å². The van der Waals surface area contributed by atoms with E-state index in [1.165, 1.54) is 18.9 Å². The molecule has 0 spiro atoms. The number of aromatic nitrogens is 3. The van der Waals surface area contributed by atoms with Crippen LogP contribution in [0.4, 0.5) is 0 Å². The highest BCUT2D eigenvalue weighted by atomic mass is 32.2. The van der Waals surface area contributed by atoms with Crippen molar-refractivity contribution >= 4 is 28.8 Å². The SMILES string of the molecule is COC(=O)c1cc2cnc(SC)nc2n1C1COC1. The normalized spacial score (nSPS) is 15.5. The van der Waals surface area contributed by atoms with E-state index < -0.39 is 0 Å². The second kappa shape index (κ2) is 4.82. The van der Waals surface area contributed by atoms with Crippen molar-refractivity contribution in [2.24, 2.45) is 0 Å². The van der Waals surface area contributed by atoms with E-state index in [-0.39, 0.29) is 12.0 Å². The molecule has 0 atom stereocenters. The van der Waals surface area contributed by atoms with E-state index in [1.54, 1.807) is 12.3 Å². The molecular weight excluding hydrogens is 266 g/mol. The van der Waals surface area contributed by atoms with Crippen molar-refractivity contribution in [3.63, 3.8) is 0 Å². The molecule has 3 heterocycles. The molecule has 19 heavy (non-hydrogen) atoms. The molecule has 2 aromatic heterocycles. The summed E-state index contributed by atoms with van der Waals surface area (Å²) in [7, 11) is 1.38. The summed E-state index contributed by atoms with van der Waals surface area (Å²) in [6.07, 6.45) is 3.65. The first-order valence-electron chi connectivity index (χ1n) is 5.82. The molecule has 0 N–H and O–H groups in total. The minimum absolute atomic E-state index is 0.135. The first kappa shape index (κ1) is 12.4. The number of hydrogen-bond acceptors (Lipinski definition) is 6. The highest BCUT2D eigenvalue weighted by Gasteiger charge is 2.28. The van der Waals surface area contributed by atoms with Crippen LogP contribution >= 0.6 is 11.8 Å². The lowest BCUT2D eigenvalue weighted by Crippen LogP contribution is -2.32. The smallest absolute Gasteiger partial charge is 0.354 e. The summed E-state index contributed by atoms with van der Waals surface area (Å²) in [5.41, 5.74) is 1.26. The molecule has 1 aliphatic rings. The van der Waals surface area contributed by atoms with E-state index in [1.807, 2.05) is 10.8 Å². The Hall–Kier alpha value is -1.60. The predicted molar refractivity (Wildman–Crippen MR) is 70.5 cm³/mol. The van der Waals surface area contributed by atoms with Crippen LogP contribution in [0.3, 0.4) is 0 Å². The molecule has 0 unspecified atom stereocenters. The molecule has 6 nitrogen and oxygen atoms in total. The second-order valence-electron chi connectivity index (χ2n) is 4.22.